The second-order valence-corrected chi connectivity index (χ2v) is 19.0. The monoisotopic (exact) mass is 852 g/mol. The number of rotatable bonds is 5. The van der Waals surface area contributed by atoms with Gasteiger partial charge in [0.05, 0.1) is 28.5 Å². The lowest BCUT2D eigenvalue weighted by molar-refractivity contribution is 0.675. The Balaban J connectivity index is 1.10. The number of fused-ring (bicyclic) bond motifs is 14. The fourth-order valence-corrected chi connectivity index (χ4v) is 12.9. The van der Waals surface area contributed by atoms with Gasteiger partial charge in [-0.1, -0.05) is 146 Å². The van der Waals surface area contributed by atoms with Crippen LogP contribution in [0.4, 0.5) is 11.4 Å². The molecule has 0 spiro atoms. The molecule has 1 aliphatic heterocycles. The van der Waals surface area contributed by atoms with Crippen LogP contribution in [0.1, 0.15) is 28.0 Å². The summed E-state index contributed by atoms with van der Waals surface area (Å²) in [6.45, 7) is 0. The molecule has 2 unspecified atom stereocenters. The summed E-state index contributed by atoms with van der Waals surface area (Å²) in [5.41, 5.74) is 13.4. The molecule has 1 aliphatic carbocycles. The van der Waals surface area contributed by atoms with Crippen LogP contribution in [0, 0.1) is 0 Å². The Labute approximate surface area is 377 Å². The van der Waals surface area contributed by atoms with E-state index < -0.39 is 0 Å². The molecule has 0 amide bonds. The highest BCUT2D eigenvalue weighted by Crippen LogP contribution is 2.59. The van der Waals surface area contributed by atoms with Gasteiger partial charge in [-0.05, 0) is 71.6 Å². The van der Waals surface area contributed by atoms with E-state index in [1.54, 1.807) is 0 Å². The van der Waals surface area contributed by atoms with Gasteiger partial charge in [-0.25, -0.2) is 9.97 Å². The molecule has 0 saturated carbocycles. The predicted molar refractivity (Wildman–Crippen MR) is 270 cm³/mol. The third kappa shape index (κ3) is 5.33. The standard InChI is InChI=1S/C58H36N4S2/c1-3-15-35(16-4-1)46-34-47(36-17-5-2-6-18-36)60-58(59-46)37-31-38(61-48-23-11-7-19-40(48)42-27-29-52-54(56(42)61)44-21-9-13-25-50(44)63-52)33-39(32-37)62-49-24-12-8-20-41(49)43-28-30-53-55(57(43)62)45-22-10-14-26-51(45)64-53/h1-34,42,56H. The molecule has 8 aromatic carbocycles. The second-order valence-electron chi connectivity index (χ2n) is 16.9. The highest BCUT2D eigenvalue weighted by Gasteiger charge is 2.43. The number of para-hydroxylation sites is 2. The van der Waals surface area contributed by atoms with Crippen LogP contribution in [0.3, 0.4) is 0 Å². The molecule has 2 aliphatic rings. The molecule has 14 rings (SSSR count). The molecule has 2 atom stereocenters. The number of anilines is 2. The number of hydrogen-bond donors (Lipinski definition) is 0. The second kappa shape index (κ2) is 13.9. The van der Waals surface area contributed by atoms with Crippen molar-refractivity contribution in [2.45, 2.75) is 12.0 Å². The van der Waals surface area contributed by atoms with Gasteiger partial charge in [0.15, 0.2) is 5.82 Å². The Bertz CT molecular complexity index is 3820. The number of hydrogen-bond acceptors (Lipinski definition) is 5. The highest BCUT2D eigenvalue weighted by molar-refractivity contribution is 7.26. The van der Waals surface area contributed by atoms with Gasteiger partial charge in [-0.3, -0.25) is 0 Å². The lowest BCUT2D eigenvalue weighted by atomic mass is 9.85. The molecule has 64 heavy (non-hydrogen) atoms. The van der Waals surface area contributed by atoms with Gasteiger partial charge < -0.3 is 9.47 Å². The molecule has 0 saturated heterocycles. The zero-order valence-electron chi connectivity index (χ0n) is 34.4. The third-order valence-corrected chi connectivity index (χ3v) is 15.6. The van der Waals surface area contributed by atoms with Crippen molar-refractivity contribution in [1.82, 2.24) is 14.5 Å². The first-order valence-electron chi connectivity index (χ1n) is 21.8. The van der Waals surface area contributed by atoms with E-state index >= 15 is 0 Å². The smallest absolute Gasteiger partial charge is 0.160 e. The molecular weight excluding hydrogens is 817 g/mol. The molecule has 4 aromatic heterocycles. The molecule has 0 N–H and O–H groups in total. The maximum Gasteiger partial charge on any atom is 0.160 e. The normalized spacial score (nSPS) is 15.4. The summed E-state index contributed by atoms with van der Waals surface area (Å²) < 4.78 is 6.41. The summed E-state index contributed by atoms with van der Waals surface area (Å²) in [4.78, 5) is 14.8. The van der Waals surface area contributed by atoms with Crippen LogP contribution in [0.2, 0.25) is 0 Å². The number of nitrogens with zero attached hydrogens (tertiary/aromatic N) is 4. The molecular formula is C58H36N4S2. The van der Waals surface area contributed by atoms with E-state index in [1.807, 2.05) is 22.7 Å². The Morgan fingerprint density at radius 3 is 1.89 bits per heavy atom. The summed E-state index contributed by atoms with van der Waals surface area (Å²) in [6.07, 6.45) is 4.81. The summed E-state index contributed by atoms with van der Waals surface area (Å²) in [5, 5.41) is 6.37. The molecule has 5 heterocycles. The van der Waals surface area contributed by atoms with Crippen molar-refractivity contribution < 1.29 is 0 Å². The highest BCUT2D eigenvalue weighted by atomic mass is 32.1. The van der Waals surface area contributed by atoms with Crippen molar-refractivity contribution in [3.8, 4) is 39.6 Å². The predicted octanol–water partition coefficient (Wildman–Crippen LogP) is 16.2. The first-order chi connectivity index (χ1) is 31.7. The molecule has 6 heteroatoms. The zero-order valence-corrected chi connectivity index (χ0v) is 36.0. The molecule has 300 valence electrons. The summed E-state index contributed by atoms with van der Waals surface area (Å²) in [5.74, 6) is 0.866. The van der Waals surface area contributed by atoms with Crippen molar-refractivity contribution >= 4 is 92.2 Å². The molecule has 4 nitrogen and oxygen atoms in total. The Morgan fingerprint density at radius 1 is 0.469 bits per heavy atom. The maximum absolute atomic E-state index is 5.44. The van der Waals surface area contributed by atoms with Crippen molar-refractivity contribution in [3.05, 3.63) is 216 Å². The maximum atomic E-state index is 5.44. The fourth-order valence-electron chi connectivity index (χ4n) is 10.6. The van der Waals surface area contributed by atoms with Gasteiger partial charge in [0.2, 0.25) is 0 Å². The van der Waals surface area contributed by atoms with Gasteiger partial charge >= 0.3 is 0 Å². The van der Waals surface area contributed by atoms with Gasteiger partial charge in [0.1, 0.15) is 0 Å². The Morgan fingerprint density at radius 2 is 1.11 bits per heavy atom. The van der Waals surface area contributed by atoms with E-state index in [2.05, 4.69) is 216 Å². The molecule has 0 radical (unpaired) electrons. The van der Waals surface area contributed by atoms with Gasteiger partial charge in [0, 0.05) is 85.8 Å². The third-order valence-electron chi connectivity index (χ3n) is 13.3. The van der Waals surface area contributed by atoms with Gasteiger partial charge in [-0.2, -0.15) is 0 Å². The minimum atomic E-state index is 0.0544. The van der Waals surface area contributed by atoms with Crippen LogP contribution < -0.4 is 4.90 Å². The van der Waals surface area contributed by atoms with Crippen molar-refractivity contribution in [2.24, 2.45) is 0 Å². The number of aromatic nitrogens is 3. The quantitative estimate of drug-likeness (QED) is 0.173. The largest absolute Gasteiger partial charge is 0.333 e. The Kier molecular flexibility index (Phi) is 7.82. The SMILES string of the molecule is C1=CC2c3ccccc3N(c3cc(-c4nc(-c5ccccc5)cc(-c5ccccc5)n4)cc(-n4c5ccccc5c5ccc6sc7ccccc7c6c54)c3)C2c2c1sc1ccccc21. The van der Waals surface area contributed by atoms with Gasteiger partial charge in [-0.15, -0.1) is 22.7 Å². The van der Waals surface area contributed by atoms with Crippen LogP contribution in [0.25, 0.3) is 97.7 Å². The van der Waals surface area contributed by atoms with E-state index in [0.717, 1.165) is 39.5 Å². The summed E-state index contributed by atoms with van der Waals surface area (Å²) >= 11 is 3.76. The first-order valence-corrected chi connectivity index (χ1v) is 23.4. The fraction of sp³-hybridized carbons (Fsp3) is 0.0345. The van der Waals surface area contributed by atoms with Crippen LogP contribution in [0.15, 0.2) is 200 Å². The number of benzene rings is 8. The zero-order chi connectivity index (χ0) is 41.9. The lowest BCUT2D eigenvalue weighted by Gasteiger charge is -2.33. The van der Waals surface area contributed by atoms with E-state index in [4.69, 9.17) is 9.97 Å². The van der Waals surface area contributed by atoms with Gasteiger partial charge in [0.25, 0.3) is 0 Å². The van der Waals surface area contributed by atoms with Crippen molar-refractivity contribution in [3.63, 3.8) is 0 Å². The van der Waals surface area contributed by atoms with E-state index in [-0.39, 0.29) is 12.0 Å². The van der Waals surface area contributed by atoms with Crippen LogP contribution >= 0.6 is 22.7 Å². The number of thiophene rings is 2. The summed E-state index contributed by atoms with van der Waals surface area (Å²) in [6, 6.07) is 70.6. The van der Waals surface area contributed by atoms with E-state index in [1.165, 1.54) is 73.8 Å². The van der Waals surface area contributed by atoms with E-state index in [9.17, 15) is 0 Å². The first kappa shape index (κ1) is 35.9. The van der Waals surface area contributed by atoms with E-state index in [0.29, 0.717) is 5.82 Å². The minimum Gasteiger partial charge on any atom is -0.333 e. The lowest BCUT2D eigenvalue weighted by Crippen LogP contribution is -2.23. The topological polar surface area (TPSA) is 34.0 Å². The average molecular weight is 853 g/mol. The summed E-state index contributed by atoms with van der Waals surface area (Å²) in [7, 11) is 0. The minimum absolute atomic E-state index is 0.0544. The van der Waals surface area contributed by atoms with Crippen molar-refractivity contribution in [1.29, 1.82) is 0 Å². The average Bonchev–Trinajstić information content (AvgIpc) is 4.12. The van der Waals surface area contributed by atoms with Crippen LogP contribution in [0.5, 0.6) is 0 Å². The molecule has 0 bridgehead atoms. The van der Waals surface area contributed by atoms with Crippen molar-refractivity contribution in [2.75, 3.05) is 4.90 Å². The Hall–Kier alpha value is -7.64. The molecule has 12 aromatic rings. The molecule has 0 fully saturated rings. The van der Waals surface area contributed by atoms with Crippen LogP contribution in [-0.4, -0.2) is 14.5 Å². The van der Waals surface area contributed by atoms with Crippen LogP contribution in [-0.2, 0) is 0 Å².